The first-order chi connectivity index (χ1) is 9.58. The van der Waals surface area contributed by atoms with Gasteiger partial charge in [-0.1, -0.05) is 25.7 Å². The smallest absolute Gasteiger partial charge is 0.303 e. The van der Waals surface area contributed by atoms with E-state index >= 15 is 0 Å². The van der Waals surface area contributed by atoms with Crippen LogP contribution in [0.4, 0.5) is 0 Å². The molecule has 0 saturated heterocycles. The summed E-state index contributed by atoms with van der Waals surface area (Å²) in [5, 5.41) is 20.5. The maximum atomic E-state index is 11.9. The fourth-order valence-electron chi connectivity index (χ4n) is 3.08. The summed E-state index contributed by atoms with van der Waals surface area (Å²) in [6.07, 6.45) is 7.92. The first-order valence-corrected chi connectivity index (χ1v) is 7.67. The van der Waals surface area contributed by atoms with E-state index in [1.165, 1.54) is 0 Å². The van der Waals surface area contributed by atoms with Crippen molar-refractivity contribution in [1.29, 1.82) is 0 Å². The van der Waals surface area contributed by atoms with Crippen molar-refractivity contribution in [3.63, 3.8) is 0 Å². The van der Waals surface area contributed by atoms with Gasteiger partial charge in [0.05, 0.1) is 6.42 Å². The van der Waals surface area contributed by atoms with Gasteiger partial charge in [-0.15, -0.1) is 0 Å². The first-order valence-electron chi connectivity index (χ1n) is 7.67. The molecule has 0 heterocycles. The molecular weight excluding hydrogens is 258 g/mol. The Morgan fingerprint density at radius 3 is 2.25 bits per heavy atom. The Labute approximate surface area is 120 Å². The van der Waals surface area contributed by atoms with Crippen LogP contribution in [-0.2, 0) is 9.59 Å². The molecule has 1 aliphatic rings. The molecular formula is C15H27NO4. The number of carboxylic acid groups (broad SMARTS) is 1. The van der Waals surface area contributed by atoms with Crippen LogP contribution in [0.2, 0.25) is 0 Å². The van der Waals surface area contributed by atoms with Crippen molar-refractivity contribution >= 4 is 11.9 Å². The lowest BCUT2D eigenvalue weighted by molar-refractivity contribution is -0.140. The Morgan fingerprint density at radius 1 is 1.00 bits per heavy atom. The Kier molecular flexibility index (Phi) is 7.59. The molecule has 1 fully saturated rings. The van der Waals surface area contributed by atoms with E-state index in [-0.39, 0.29) is 24.3 Å². The minimum Gasteiger partial charge on any atom is -0.481 e. The highest BCUT2D eigenvalue weighted by atomic mass is 16.4. The van der Waals surface area contributed by atoms with E-state index in [1.54, 1.807) is 0 Å². The third kappa shape index (κ3) is 6.37. The first kappa shape index (κ1) is 17.0. The normalized spacial score (nSPS) is 17.1. The maximum absolute atomic E-state index is 11.9. The summed E-state index contributed by atoms with van der Waals surface area (Å²) >= 11 is 0. The molecule has 5 nitrogen and oxygen atoms in total. The quantitative estimate of drug-likeness (QED) is 0.536. The van der Waals surface area contributed by atoms with Crippen LogP contribution in [0, 0.1) is 5.41 Å². The molecule has 0 atom stereocenters. The number of aliphatic hydroxyl groups excluding tert-OH is 1. The third-order valence-electron chi connectivity index (χ3n) is 4.13. The monoisotopic (exact) mass is 285 g/mol. The predicted molar refractivity (Wildman–Crippen MR) is 76.3 cm³/mol. The summed E-state index contributed by atoms with van der Waals surface area (Å²) in [5.41, 5.74) is -0.313. The maximum Gasteiger partial charge on any atom is 0.303 e. The number of rotatable bonds is 10. The highest BCUT2D eigenvalue weighted by molar-refractivity contribution is 5.78. The van der Waals surface area contributed by atoms with E-state index in [0.29, 0.717) is 13.0 Å². The molecule has 0 spiro atoms. The van der Waals surface area contributed by atoms with Gasteiger partial charge in [0.1, 0.15) is 0 Å². The van der Waals surface area contributed by atoms with Gasteiger partial charge in [0.2, 0.25) is 5.91 Å². The van der Waals surface area contributed by atoms with Crippen molar-refractivity contribution in [2.45, 2.75) is 64.2 Å². The van der Waals surface area contributed by atoms with Crippen molar-refractivity contribution in [2.24, 2.45) is 5.41 Å². The van der Waals surface area contributed by atoms with E-state index in [1.807, 2.05) is 0 Å². The van der Waals surface area contributed by atoms with Gasteiger partial charge < -0.3 is 15.5 Å². The molecule has 1 saturated carbocycles. The van der Waals surface area contributed by atoms with Crippen molar-refractivity contribution in [3.8, 4) is 0 Å². The molecule has 0 aromatic heterocycles. The average molecular weight is 285 g/mol. The molecule has 1 amide bonds. The van der Waals surface area contributed by atoms with Gasteiger partial charge in [0.25, 0.3) is 0 Å². The van der Waals surface area contributed by atoms with E-state index in [9.17, 15) is 9.59 Å². The van der Waals surface area contributed by atoms with Gasteiger partial charge in [-0.3, -0.25) is 9.59 Å². The summed E-state index contributed by atoms with van der Waals surface area (Å²) in [4.78, 5) is 22.9. The number of hydrogen-bond donors (Lipinski definition) is 3. The molecule has 0 aliphatic heterocycles. The molecule has 116 valence electrons. The lowest BCUT2D eigenvalue weighted by atomic mass is 9.79. The van der Waals surface area contributed by atoms with Crippen molar-refractivity contribution in [3.05, 3.63) is 0 Å². The van der Waals surface area contributed by atoms with Gasteiger partial charge >= 0.3 is 5.97 Å². The average Bonchev–Trinajstić information content (AvgIpc) is 2.80. The van der Waals surface area contributed by atoms with E-state index < -0.39 is 5.97 Å². The van der Waals surface area contributed by atoms with E-state index in [4.69, 9.17) is 10.2 Å². The second kappa shape index (κ2) is 8.95. The van der Waals surface area contributed by atoms with Crippen LogP contribution in [0.25, 0.3) is 0 Å². The fraction of sp³-hybridized carbons (Fsp3) is 0.867. The van der Waals surface area contributed by atoms with Crippen LogP contribution < -0.4 is 5.32 Å². The summed E-state index contributed by atoms with van der Waals surface area (Å²) in [6, 6.07) is 0. The molecule has 20 heavy (non-hydrogen) atoms. The van der Waals surface area contributed by atoms with Crippen molar-refractivity contribution in [1.82, 2.24) is 5.32 Å². The Bertz CT molecular complexity index is 311. The number of carbonyl (C=O) groups is 2. The molecule has 0 aromatic carbocycles. The van der Waals surface area contributed by atoms with Crippen LogP contribution in [0.15, 0.2) is 0 Å². The second-order valence-electron chi connectivity index (χ2n) is 5.94. The molecule has 0 bridgehead atoms. The van der Waals surface area contributed by atoms with Crippen molar-refractivity contribution < 1.29 is 19.8 Å². The van der Waals surface area contributed by atoms with Crippen molar-refractivity contribution in [2.75, 3.05) is 13.2 Å². The number of carboxylic acids is 1. The number of aliphatic carboxylic acids is 1. The summed E-state index contributed by atoms with van der Waals surface area (Å²) < 4.78 is 0. The van der Waals surface area contributed by atoms with Gasteiger partial charge in [0.15, 0.2) is 0 Å². The summed E-state index contributed by atoms with van der Waals surface area (Å²) in [6.45, 7) is 0.873. The third-order valence-corrected chi connectivity index (χ3v) is 4.13. The minimum absolute atomic E-state index is 0.0182. The zero-order chi connectivity index (χ0) is 14.8. The fourth-order valence-corrected chi connectivity index (χ4v) is 3.08. The standard InChI is InChI=1S/C15H27NO4/c17-10-6-2-1-5-9-16-13(18)11-15(12-14(19)20)7-3-4-8-15/h17H,1-12H2,(H,16,18)(H,19,20). The summed E-state index contributed by atoms with van der Waals surface area (Å²) in [7, 11) is 0. The summed E-state index contributed by atoms with van der Waals surface area (Å²) in [5.74, 6) is -0.820. The highest BCUT2D eigenvalue weighted by Gasteiger charge is 2.37. The lowest BCUT2D eigenvalue weighted by Crippen LogP contribution is -2.32. The zero-order valence-corrected chi connectivity index (χ0v) is 12.2. The minimum atomic E-state index is -0.802. The molecule has 1 rings (SSSR count). The molecule has 0 radical (unpaired) electrons. The number of unbranched alkanes of at least 4 members (excludes halogenated alkanes) is 3. The second-order valence-corrected chi connectivity index (χ2v) is 5.94. The highest BCUT2D eigenvalue weighted by Crippen LogP contribution is 2.43. The Hall–Kier alpha value is -1.10. The Balaban J connectivity index is 2.23. The molecule has 5 heteroatoms. The number of nitrogens with one attached hydrogen (secondary N) is 1. The predicted octanol–water partition coefficient (Wildman–Crippen LogP) is 2.08. The largest absolute Gasteiger partial charge is 0.481 e. The molecule has 0 unspecified atom stereocenters. The van der Waals surface area contributed by atoms with Crippen LogP contribution in [-0.4, -0.2) is 35.2 Å². The van der Waals surface area contributed by atoms with Gasteiger partial charge in [-0.2, -0.15) is 0 Å². The molecule has 1 aliphatic carbocycles. The van der Waals surface area contributed by atoms with Crippen LogP contribution in [0.3, 0.4) is 0 Å². The van der Waals surface area contributed by atoms with Crippen LogP contribution in [0.1, 0.15) is 64.2 Å². The van der Waals surface area contributed by atoms with Crippen LogP contribution >= 0.6 is 0 Å². The Morgan fingerprint density at radius 2 is 1.65 bits per heavy atom. The van der Waals surface area contributed by atoms with Gasteiger partial charge in [0, 0.05) is 19.6 Å². The van der Waals surface area contributed by atoms with Crippen LogP contribution in [0.5, 0.6) is 0 Å². The zero-order valence-electron chi connectivity index (χ0n) is 12.2. The number of hydrogen-bond acceptors (Lipinski definition) is 3. The number of carbonyl (C=O) groups excluding carboxylic acids is 1. The van der Waals surface area contributed by atoms with E-state index in [0.717, 1.165) is 51.4 Å². The van der Waals surface area contributed by atoms with E-state index in [2.05, 4.69) is 5.32 Å². The number of aliphatic hydroxyl groups is 1. The lowest BCUT2D eigenvalue weighted by Gasteiger charge is -2.26. The van der Waals surface area contributed by atoms with Gasteiger partial charge in [-0.05, 0) is 31.1 Å². The number of amides is 1. The van der Waals surface area contributed by atoms with Gasteiger partial charge in [-0.25, -0.2) is 0 Å². The molecule has 3 N–H and O–H groups in total. The molecule has 0 aromatic rings. The topological polar surface area (TPSA) is 86.6 Å². The SMILES string of the molecule is O=C(O)CC1(CC(=O)NCCCCCCO)CCCC1.